The SMILES string of the molecule is CC(=C\c1ccccc1)/C=C(\C)C(=O)N(C)C. The van der Waals surface area contributed by atoms with E-state index >= 15 is 0 Å². The van der Waals surface area contributed by atoms with Gasteiger partial charge in [0.05, 0.1) is 0 Å². The fourth-order valence-corrected chi connectivity index (χ4v) is 1.61. The van der Waals surface area contributed by atoms with Gasteiger partial charge in [0.15, 0.2) is 0 Å². The highest BCUT2D eigenvalue weighted by atomic mass is 16.2. The van der Waals surface area contributed by atoms with E-state index in [1.165, 1.54) is 0 Å². The summed E-state index contributed by atoms with van der Waals surface area (Å²) in [5.41, 5.74) is 2.97. The number of allylic oxidation sites excluding steroid dienone is 2. The van der Waals surface area contributed by atoms with Gasteiger partial charge in [0.1, 0.15) is 0 Å². The second kappa shape index (κ2) is 6.04. The summed E-state index contributed by atoms with van der Waals surface area (Å²) >= 11 is 0. The minimum absolute atomic E-state index is 0.0470. The van der Waals surface area contributed by atoms with Crippen LogP contribution in [0.3, 0.4) is 0 Å². The van der Waals surface area contributed by atoms with Gasteiger partial charge in [-0.2, -0.15) is 0 Å². The first-order valence-electron chi connectivity index (χ1n) is 5.64. The summed E-state index contributed by atoms with van der Waals surface area (Å²) < 4.78 is 0. The zero-order chi connectivity index (χ0) is 12.8. The quantitative estimate of drug-likeness (QED) is 0.576. The molecule has 0 radical (unpaired) electrons. The fraction of sp³-hybridized carbons (Fsp3) is 0.267. The van der Waals surface area contributed by atoms with E-state index in [0.29, 0.717) is 0 Å². The maximum atomic E-state index is 11.7. The average Bonchev–Trinajstić information content (AvgIpc) is 2.28. The predicted octanol–water partition coefficient (Wildman–Crippen LogP) is 3.12. The molecule has 0 fully saturated rings. The zero-order valence-electron chi connectivity index (χ0n) is 10.9. The van der Waals surface area contributed by atoms with Crippen LogP contribution in [0.25, 0.3) is 6.08 Å². The zero-order valence-corrected chi connectivity index (χ0v) is 10.9. The lowest BCUT2D eigenvalue weighted by atomic mass is 10.1. The Labute approximate surface area is 103 Å². The second-order valence-electron chi connectivity index (χ2n) is 4.33. The summed E-state index contributed by atoms with van der Waals surface area (Å²) in [4.78, 5) is 13.2. The third-order valence-corrected chi connectivity index (χ3v) is 2.38. The van der Waals surface area contributed by atoms with Crippen molar-refractivity contribution in [1.29, 1.82) is 0 Å². The molecule has 0 N–H and O–H groups in total. The van der Waals surface area contributed by atoms with Crippen molar-refractivity contribution in [3.63, 3.8) is 0 Å². The van der Waals surface area contributed by atoms with E-state index in [1.807, 2.05) is 50.3 Å². The van der Waals surface area contributed by atoms with E-state index in [2.05, 4.69) is 6.08 Å². The van der Waals surface area contributed by atoms with Crippen molar-refractivity contribution in [2.45, 2.75) is 13.8 Å². The fourth-order valence-electron chi connectivity index (χ4n) is 1.61. The third-order valence-electron chi connectivity index (χ3n) is 2.38. The molecule has 1 amide bonds. The Hall–Kier alpha value is -1.83. The smallest absolute Gasteiger partial charge is 0.248 e. The molecule has 1 aromatic rings. The number of nitrogens with zero attached hydrogens (tertiary/aromatic N) is 1. The monoisotopic (exact) mass is 229 g/mol. The molecular weight excluding hydrogens is 210 g/mol. The Morgan fingerprint density at radius 3 is 2.24 bits per heavy atom. The van der Waals surface area contributed by atoms with Crippen molar-refractivity contribution in [3.05, 3.63) is 53.1 Å². The van der Waals surface area contributed by atoms with E-state index in [0.717, 1.165) is 16.7 Å². The van der Waals surface area contributed by atoms with Crippen molar-refractivity contribution >= 4 is 12.0 Å². The molecular formula is C15H19NO. The summed E-state index contributed by atoms with van der Waals surface area (Å²) in [5.74, 6) is 0.0470. The number of rotatable bonds is 3. The molecule has 2 heteroatoms. The van der Waals surface area contributed by atoms with Crippen LogP contribution < -0.4 is 0 Å². The lowest BCUT2D eigenvalue weighted by Crippen LogP contribution is -2.22. The number of benzene rings is 1. The molecule has 1 rings (SSSR count). The molecule has 0 aliphatic rings. The van der Waals surface area contributed by atoms with Gasteiger partial charge in [-0.1, -0.05) is 48.1 Å². The molecule has 17 heavy (non-hydrogen) atoms. The lowest BCUT2D eigenvalue weighted by Gasteiger charge is -2.10. The van der Waals surface area contributed by atoms with Gasteiger partial charge in [-0.3, -0.25) is 4.79 Å². The Morgan fingerprint density at radius 2 is 1.71 bits per heavy atom. The molecule has 0 saturated carbocycles. The van der Waals surface area contributed by atoms with Gasteiger partial charge in [0, 0.05) is 19.7 Å². The van der Waals surface area contributed by atoms with E-state index < -0.39 is 0 Å². The molecule has 0 bridgehead atoms. The molecule has 90 valence electrons. The molecule has 1 aromatic carbocycles. The van der Waals surface area contributed by atoms with Crippen LogP contribution in [0, 0.1) is 0 Å². The number of carbonyl (C=O) groups excluding carboxylic acids is 1. The van der Waals surface area contributed by atoms with Crippen molar-refractivity contribution in [3.8, 4) is 0 Å². The number of hydrogen-bond acceptors (Lipinski definition) is 1. The van der Waals surface area contributed by atoms with E-state index in [1.54, 1.807) is 19.0 Å². The molecule has 0 unspecified atom stereocenters. The van der Waals surface area contributed by atoms with Crippen LogP contribution in [-0.2, 0) is 4.79 Å². The molecule has 0 aliphatic heterocycles. The Bertz CT molecular complexity index is 441. The maximum absolute atomic E-state index is 11.7. The molecule has 0 aliphatic carbocycles. The highest BCUT2D eigenvalue weighted by Crippen LogP contribution is 2.10. The second-order valence-corrected chi connectivity index (χ2v) is 4.33. The van der Waals surface area contributed by atoms with E-state index in [9.17, 15) is 4.79 Å². The lowest BCUT2D eigenvalue weighted by molar-refractivity contribution is -0.124. The number of carbonyl (C=O) groups is 1. The molecule has 0 saturated heterocycles. The van der Waals surface area contributed by atoms with Gasteiger partial charge in [0.2, 0.25) is 5.91 Å². The van der Waals surface area contributed by atoms with Crippen LogP contribution in [0.15, 0.2) is 47.6 Å². The first-order chi connectivity index (χ1) is 8.00. The van der Waals surface area contributed by atoms with E-state index in [4.69, 9.17) is 0 Å². The number of hydrogen-bond donors (Lipinski definition) is 0. The van der Waals surface area contributed by atoms with Crippen LogP contribution in [0.4, 0.5) is 0 Å². The van der Waals surface area contributed by atoms with Gasteiger partial charge < -0.3 is 4.90 Å². The Kier molecular flexibility index (Phi) is 4.70. The van der Waals surface area contributed by atoms with Crippen LogP contribution in [0.5, 0.6) is 0 Å². The van der Waals surface area contributed by atoms with Gasteiger partial charge in [-0.25, -0.2) is 0 Å². The van der Waals surface area contributed by atoms with Crippen molar-refractivity contribution in [2.75, 3.05) is 14.1 Å². The first kappa shape index (κ1) is 13.2. The Balaban J connectivity index is 2.85. The normalized spacial score (nSPS) is 12.5. The summed E-state index contributed by atoms with van der Waals surface area (Å²) in [6, 6.07) is 10.1. The van der Waals surface area contributed by atoms with Gasteiger partial charge in [-0.15, -0.1) is 0 Å². The molecule has 0 aromatic heterocycles. The van der Waals surface area contributed by atoms with Gasteiger partial charge in [-0.05, 0) is 19.4 Å². The maximum Gasteiger partial charge on any atom is 0.248 e. The average molecular weight is 229 g/mol. The third kappa shape index (κ3) is 4.27. The van der Waals surface area contributed by atoms with Crippen LogP contribution in [0.2, 0.25) is 0 Å². The molecule has 0 atom stereocenters. The standard InChI is InChI=1S/C15H19NO/c1-12(10-13(2)15(17)16(3)4)11-14-8-6-5-7-9-14/h5-11H,1-4H3/b12-11+,13-10+. The van der Waals surface area contributed by atoms with Crippen LogP contribution in [-0.4, -0.2) is 24.9 Å². The molecule has 0 spiro atoms. The highest BCUT2D eigenvalue weighted by molar-refractivity contribution is 5.93. The van der Waals surface area contributed by atoms with Crippen molar-refractivity contribution in [2.24, 2.45) is 0 Å². The summed E-state index contributed by atoms with van der Waals surface area (Å²) in [5, 5.41) is 0. The topological polar surface area (TPSA) is 20.3 Å². The van der Waals surface area contributed by atoms with Crippen LogP contribution >= 0.6 is 0 Å². The van der Waals surface area contributed by atoms with Gasteiger partial charge >= 0.3 is 0 Å². The summed E-state index contributed by atoms with van der Waals surface area (Å²) in [6.45, 7) is 3.84. The largest absolute Gasteiger partial charge is 0.345 e. The van der Waals surface area contributed by atoms with Crippen molar-refractivity contribution in [1.82, 2.24) is 4.90 Å². The summed E-state index contributed by atoms with van der Waals surface area (Å²) in [7, 11) is 3.52. The van der Waals surface area contributed by atoms with E-state index in [-0.39, 0.29) is 5.91 Å². The van der Waals surface area contributed by atoms with Crippen LogP contribution in [0.1, 0.15) is 19.4 Å². The molecule has 0 heterocycles. The highest BCUT2D eigenvalue weighted by Gasteiger charge is 2.05. The molecule has 2 nitrogen and oxygen atoms in total. The van der Waals surface area contributed by atoms with Gasteiger partial charge in [0.25, 0.3) is 0 Å². The number of amides is 1. The Morgan fingerprint density at radius 1 is 1.12 bits per heavy atom. The minimum atomic E-state index is 0.0470. The first-order valence-corrected chi connectivity index (χ1v) is 5.64. The number of likely N-dealkylation sites (N-methyl/N-ethyl adjacent to an activating group) is 1. The predicted molar refractivity (Wildman–Crippen MR) is 72.5 cm³/mol. The minimum Gasteiger partial charge on any atom is -0.345 e. The van der Waals surface area contributed by atoms with Crippen molar-refractivity contribution < 1.29 is 4.79 Å². The summed E-state index contributed by atoms with van der Waals surface area (Å²) in [6.07, 6.45) is 3.97.